The first-order valence-corrected chi connectivity index (χ1v) is 8.44. The number of rotatable bonds is 4. The number of hydrogen-bond donors (Lipinski definition) is 0. The zero-order chi connectivity index (χ0) is 17.8. The standard InChI is InChI=1S/C20H28O4/c1-19(2,3)24-18(21)14-17-13-16(22-20(4,5)23-17)12-11-15-9-7-6-8-10-15/h6-12,16-17H,13-14H2,1-5H3/b12-11+/t16-,17-/m1/s1. The van der Waals surface area contributed by atoms with E-state index in [0.29, 0.717) is 6.42 Å². The third-order valence-corrected chi connectivity index (χ3v) is 3.50. The molecule has 1 aliphatic rings. The predicted molar refractivity (Wildman–Crippen MR) is 94.4 cm³/mol. The second-order valence-electron chi connectivity index (χ2n) is 7.59. The molecule has 0 amide bonds. The van der Waals surface area contributed by atoms with E-state index in [1.165, 1.54) is 0 Å². The molecule has 1 fully saturated rings. The minimum atomic E-state index is -0.726. The van der Waals surface area contributed by atoms with Crippen LogP contribution in [0.4, 0.5) is 0 Å². The second kappa shape index (κ2) is 7.49. The van der Waals surface area contributed by atoms with Gasteiger partial charge in [0.2, 0.25) is 0 Å². The van der Waals surface area contributed by atoms with E-state index in [4.69, 9.17) is 14.2 Å². The summed E-state index contributed by atoms with van der Waals surface area (Å²) in [6, 6.07) is 10.1. The highest BCUT2D eigenvalue weighted by Crippen LogP contribution is 2.29. The summed E-state index contributed by atoms with van der Waals surface area (Å²) in [7, 11) is 0. The molecule has 0 radical (unpaired) electrons. The molecule has 0 aliphatic carbocycles. The van der Waals surface area contributed by atoms with Crippen molar-refractivity contribution in [3.63, 3.8) is 0 Å². The van der Waals surface area contributed by atoms with Gasteiger partial charge in [-0.05, 0) is 40.2 Å². The Morgan fingerprint density at radius 3 is 2.54 bits per heavy atom. The van der Waals surface area contributed by atoms with Crippen molar-refractivity contribution in [3.8, 4) is 0 Å². The van der Waals surface area contributed by atoms with E-state index in [2.05, 4.69) is 0 Å². The fraction of sp³-hybridized carbons (Fsp3) is 0.550. The number of carbonyl (C=O) groups is 1. The van der Waals surface area contributed by atoms with Gasteiger partial charge in [0.15, 0.2) is 5.79 Å². The van der Waals surface area contributed by atoms with Gasteiger partial charge < -0.3 is 14.2 Å². The van der Waals surface area contributed by atoms with Crippen molar-refractivity contribution in [3.05, 3.63) is 42.0 Å². The molecule has 1 aromatic rings. The van der Waals surface area contributed by atoms with Crippen LogP contribution in [0, 0.1) is 0 Å². The molecule has 1 heterocycles. The predicted octanol–water partition coefficient (Wildman–Crippen LogP) is 4.34. The molecule has 0 spiro atoms. The molecule has 2 rings (SSSR count). The summed E-state index contributed by atoms with van der Waals surface area (Å²) in [5.41, 5.74) is 0.638. The minimum absolute atomic E-state index is 0.0959. The number of esters is 1. The molecule has 4 nitrogen and oxygen atoms in total. The summed E-state index contributed by atoms with van der Waals surface area (Å²) in [4.78, 5) is 12.1. The number of carbonyl (C=O) groups excluding carboxylic acids is 1. The van der Waals surface area contributed by atoms with Crippen LogP contribution in [0.5, 0.6) is 0 Å². The van der Waals surface area contributed by atoms with Gasteiger partial charge in [0.05, 0.1) is 18.6 Å². The van der Waals surface area contributed by atoms with E-state index < -0.39 is 11.4 Å². The van der Waals surface area contributed by atoms with Gasteiger partial charge in [-0.25, -0.2) is 0 Å². The average molecular weight is 332 g/mol. The largest absolute Gasteiger partial charge is 0.460 e. The van der Waals surface area contributed by atoms with Gasteiger partial charge in [-0.3, -0.25) is 4.79 Å². The Balaban J connectivity index is 1.98. The lowest BCUT2D eigenvalue weighted by Gasteiger charge is -2.39. The van der Waals surface area contributed by atoms with Gasteiger partial charge in [0, 0.05) is 6.42 Å². The van der Waals surface area contributed by atoms with Gasteiger partial charge in [0.1, 0.15) is 5.60 Å². The first kappa shape index (κ1) is 18.7. The van der Waals surface area contributed by atoms with Crippen LogP contribution in [-0.2, 0) is 19.0 Å². The highest BCUT2D eigenvalue weighted by molar-refractivity contribution is 5.70. The van der Waals surface area contributed by atoms with Crippen molar-refractivity contribution in [2.75, 3.05) is 0 Å². The van der Waals surface area contributed by atoms with Gasteiger partial charge in [-0.1, -0.05) is 42.5 Å². The zero-order valence-electron chi connectivity index (χ0n) is 15.2. The molecule has 2 atom stereocenters. The Hall–Kier alpha value is -1.65. The van der Waals surface area contributed by atoms with E-state index >= 15 is 0 Å². The summed E-state index contributed by atoms with van der Waals surface area (Å²) >= 11 is 0. The molecule has 1 aromatic carbocycles. The molecule has 0 N–H and O–H groups in total. The molecule has 0 bridgehead atoms. The smallest absolute Gasteiger partial charge is 0.308 e. The van der Waals surface area contributed by atoms with Crippen LogP contribution in [-0.4, -0.2) is 29.6 Å². The molecule has 0 saturated carbocycles. The lowest BCUT2D eigenvalue weighted by atomic mass is 10.0. The van der Waals surface area contributed by atoms with E-state index in [1.54, 1.807) is 0 Å². The van der Waals surface area contributed by atoms with E-state index in [0.717, 1.165) is 5.56 Å². The highest BCUT2D eigenvalue weighted by Gasteiger charge is 2.36. The van der Waals surface area contributed by atoms with Crippen molar-refractivity contribution < 1.29 is 19.0 Å². The van der Waals surface area contributed by atoms with Crippen LogP contribution in [0.2, 0.25) is 0 Å². The van der Waals surface area contributed by atoms with Crippen LogP contribution in [0.25, 0.3) is 6.08 Å². The maximum Gasteiger partial charge on any atom is 0.308 e. The molecule has 1 saturated heterocycles. The zero-order valence-corrected chi connectivity index (χ0v) is 15.2. The first-order valence-electron chi connectivity index (χ1n) is 8.44. The van der Waals surface area contributed by atoms with E-state index in [9.17, 15) is 4.79 Å². The van der Waals surface area contributed by atoms with Crippen molar-refractivity contribution in [2.24, 2.45) is 0 Å². The van der Waals surface area contributed by atoms with Crippen LogP contribution >= 0.6 is 0 Å². The third-order valence-electron chi connectivity index (χ3n) is 3.50. The average Bonchev–Trinajstić information content (AvgIpc) is 2.42. The molecular formula is C20H28O4. The highest BCUT2D eigenvalue weighted by atomic mass is 16.7. The van der Waals surface area contributed by atoms with Crippen LogP contribution in [0.15, 0.2) is 36.4 Å². The van der Waals surface area contributed by atoms with Gasteiger partial charge in [-0.2, -0.15) is 0 Å². The summed E-state index contributed by atoms with van der Waals surface area (Å²) in [6.45, 7) is 9.34. The van der Waals surface area contributed by atoms with Crippen molar-refractivity contribution in [1.82, 2.24) is 0 Å². The van der Waals surface area contributed by atoms with Crippen molar-refractivity contribution in [2.45, 2.75) is 71.1 Å². The summed E-state index contributed by atoms with van der Waals surface area (Å²) in [5, 5.41) is 0. The third kappa shape index (κ3) is 6.46. The van der Waals surface area contributed by atoms with Gasteiger partial charge >= 0.3 is 5.97 Å². The quantitative estimate of drug-likeness (QED) is 0.769. The second-order valence-corrected chi connectivity index (χ2v) is 7.59. The Bertz CT molecular complexity index is 569. The number of hydrogen-bond acceptors (Lipinski definition) is 4. The number of ether oxygens (including phenoxy) is 3. The normalized spacial score (nSPS) is 24.0. The van der Waals surface area contributed by atoms with Crippen molar-refractivity contribution >= 4 is 12.0 Å². The van der Waals surface area contributed by atoms with E-state index in [-0.39, 0.29) is 24.6 Å². The Labute approximate surface area is 144 Å². The van der Waals surface area contributed by atoms with Crippen LogP contribution < -0.4 is 0 Å². The molecule has 24 heavy (non-hydrogen) atoms. The maximum atomic E-state index is 12.1. The fourth-order valence-corrected chi connectivity index (χ4v) is 2.74. The summed E-state index contributed by atoms with van der Waals surface area (Å²) in [5.74, 6) is -0.965. The maximum absolute atomic E-state index is 12.1. The van der Waals surface area contributed by atoms with Gasteiger partial charge in [-0.15, -0.1) is 0 Å². The summed E-state index contributed by atoms with van der Waals surface area (Å²) < 4.78 is 17.2. The summed E-state index contributed by atoms with van der Waals surface area (Å²) in [6.07, 6.45) is 4.62. The Kier molecular flexibility index (Phi) is 5.83. The Morgan fingerprint density at radius 1 is 1.25 bits per heavy atom. The topological polar surface area (TPSA) is 44.8 Å². The Morgan fingerprint density at radius 2 is 1.92 bits per heavy atom. The number of benzene rings is 1. The van der Waals surface area contributed by atoms with Gasteiger partial charge in [0.25, 0.3) is 0 Å². The monoisotopic (exact) mass is 332 g/mol. The molecular weight excluding hydrogens is 304 g/mol. The molecule has 0 aromatic heterocycles. The fourth-order valence-electron chi connectivity index (χ4n) is 2.74. The molecule has 0 unspecified atom stereocenters. The lowest BCUT2D eigenvalue weighted by Crippen LogP contribution is -2.45. The SMILES string of the molecule is CC(C)(C)OC(=O)C[C@H]1C[C@@H](/C=C/c2ccccc2)OC(C)(C)O1. The molecule has 1 aliphatic heterocycles. The van der Waals surface area contributed by atoms with Crippen molar-refractivity contribution in [1.29, 1.82) is 0 Å². The van der Waals surface area contributed by atoms with E-state index in [1.807, 2.05) is 77.1 Å². The molecule has 132 valence electrons. The van der Waals surface area contributed by atoms with Crippen LogP contribution in [0.1, 0.15) is 53.0 Å². The minimum Gasteiger partial charge on any atom is -0.460 e. The van der Waals surface area contributed by atoms with Crippen LogP contribution in [0.3, 0.4) is 0 Å². The first-order chi connectivity index (χ1) is 11.1. The molecule has 4 heteroatoms. The lowest BCUT2D eigenvalue weighted by molar-refractivity contribution is -0.290.